The van der Waals surface area contributed by atoms with E-state index in [1.165, 1.54) is 0 Å². The molecular formula is C21H27N3O2. The van der Waals surface area contributed by atoms with E-state index >= 15 is 0 Å². The predicted molar refractivity (Wildman–Crippen MR) is 103 cm³/mol. The van der Waals surface area contributed by atoms with Crippen LogP contribution >= 0.6 is 0 Å². The third kappa shape index (κ3) is 5.43. The van der Waals surface area contributed by atoms with Crippen molar-refractivity contribution in [2.45, 2.75) is 38.3 Å². The highest BCUT2D eigenvalue weighted by Crippen LogP contribution is 2.15. The van der Waals surface area contributed by atoms with Crippen LogP contribution in [0.25, 0.3) is 0 Å². The minimum absolute atomic E-state index is 0.298. The fraction of sp³-hybridized carbons (Fsp3) is 0.333. The van der Waals surface area contributed by atoms with Gasteiger partial charge in [-0.3, -0.25) is 9.59 Å². The lowest BCUT2D eigenvalue weighted by molar-refractivity contribution is -0.128. The van der Waals surface area contributed by atoms with Crippen molar-refractivity contribution in [3.63, 3.8) is 0 Å². The molecular weight excluding hydrogens is 326 g/mol. The van der Waals surface area contributed by atoms with Crippen LogP contribution in [0.2, 0.25) is 0 Å². The smallest absolute Gasteiger partial charge is 0.240 e. The Labute approximate surface area is 154 Å². The summed E-state index contributed by atoms with van der Waals surface area (Å²) in [7, 11) is 0. The maximum atomic E-state index is 12.7. The van der Waals surface area contributed by atoms with Gasteiger partial charge in [-0.2, -0.15) is 0 Å². The average molecular weight is 353 g/mol. The van der Waals surface area contributed by atoms with Crippen molar-refractivity contribution < 1.29 is 9.59 Å². The van der Waals surface area contributed by atoms with Crippen LogP contribution in [0.15, 0.2) is 60.7 Å². The lowest BCUT2D eigenvalue weighted by Gasteiger charge is -2.29. The third-order valence-corrected chi connectivity index (χ3v) is 4.56. The molecule has 0 saturated heterocycles. The van der Waals surface area contributed by atoms with Gasteiger partial charge in [-0.1, -0.05) is 60.7 Å². The molecule has 26 heavy (non-hydrogen) atoms. The third-order valence-electron chi connectivity index (χ3n) is 4.56. The average Bonchev–Trinajstić information content (AvgIpc) is 2.60. The highest BCUT2D eigenvalue weighted by atomic mass is 16.2. The summed E-state index contributed by atoms with van der Waals surface area (Å²) in [5.74, 6) is -1.24. The zero-order chi connectivity index (χ0) is 19.2. The second-order valence-electron chi connectivity index (χ2n) is 7.04. The molecule has 0 heterocycles. The van der Waals surface area contributed by atoms with Gasteiger partial charge in [0, 0.05) is 6.04 Å². The molecule has 0 fully saturated rings. The number of benzene rings is 2. The quantitative estimate of drug-likeness (QED) is 0.675. The van der Waals surface area contributed by atoms with E-state index < -0.39 is 23.4 Å². The van der Waals surface area contributed by atoms with E-state index in [2.05, 4.69) is 5.32 Å². The number of nitrogens with one attached hydrogen (secondary N) is 1. The molecule has 2 rings (SSSR count). The van der Waals surface area contributed by atoms with Crippen molar-refractivity contribution in [1.29, 1.82) is 0 Å². The number of rotatable bonds is 8. The molecule has 2 amide bonds. The Bertz CT molecular complexity index is 729. The Hall–Kier alpha value is -2.66. The Kier molecular flexibility index (Phi) is 6.52. The Morgan fingerprint density at radius 1 is 1.00 bits per heavy atom. The van der Waals surface area contributed by atoms with E-state index in [1.54, 1.807) is 13.8 Å². The van der Waals surface area contributed by atoms with Gasteiger partial charge >= 0.3 is 0 Å². The highest BCUT2D eigenvalue weighted by molar-refractivity contribution is 5.87. The zero-order valence-electron chi connectivity index (χ0n) is 15.3. The normalized spacial score (nSPS) is 15.5. The molecule has 3 unspecified atom stereocenters. The summed E-state index contributed by atoms with van der Waals surface area (Å²) in [6.45, 7) is 3.48. The van der Waals surface area contributed by atoms with E-state index in [4.69, 9.17) is 11.5 Å². The van der Waals surface area contributed by atoms with Crippen molar-refractivity contribution in [2.24, 2.45) is 17.4 Å². The number of carbonyl (C=O) groups is 2. The lowest BCUT2D eigenvalue weighted by atomic mass is 9.89. The molecule has 2 aromatic carbocycles. The summed E-state index contributed by atoms with van der Waals surface area (Å²) in [5, 5.41) is 2.88. The van der Waals surface area contributed by atoms with E-state index in [-0.39, 0.29) is 5.91 Å². The standard InChI is InChI=1S/C21H27N3O2/c1-15(18(19(22)25)13-16-9-5-3-6-10-16)24-20(26)21(2,23)14-17-11-7-4-8-12-17/h3-12,15,18H,13-14,23H2,1-2H3,(H2,22,25)(H,24,26). The summed E-state index contributed by atoms with van der Waals surface area (Å²) < 4.78 is 0. The highest BCUT2D eigenvalue weighted by Gasteiger charge is 2.32. The number of primary amides is 1. The molecule has 0 aliphatic heterocycles. The topological polar surface area (TPSA) is 98.2 Å². The van der Waals surface area contributed by atoms with Crippen LogP contribution in [-0.2, 0) is 22.4 Å². The van der Waals surface area contributed by atoms with Crippen LogP contribution in [0.5, 0.6) is 0 Å². The molecule has 3 atom stereocenters. The van der Waals surface area contributed by atoms with E-state index in [0.29, 0.717) is 12.8 Å². The summed E-state index contributed by atoms with van der Waals surface area (Å²) in [6.07, 6.45) is 0.879. The van der Waals surface area contributed by atoms with Crippen molar-refractivity contribution in [1.82, 2.24) is 5.32 Å². The molecule has 0 spiro atoms. The van der Waals surface area contributed by atoms with E-state index in [0.717, 1.165) is 11.1 Å². The van der Waals surface area contributed by atoms with Crippen molar-refractivity contribution >= 4 is 11.8 Å². The molecule has 0 bridgehead atoms. The van der Waals surface area contributed by atoms with E-state index in [9.17, 15) is 9.59 Å². The van der Waals surface area contributed by atoms with Gasteiger partial charge in [0.15, 0.2) is 0 Å². The second kappa shape index (κ2) is 8.63. The van der Waals surface area contributed by atoms with Gasteiger partial charge in [0.2, 0.25) is 11.8 Å². The Balaban J connectivity index is 2.03. The van der Waals surface area contributed by atoms with Crippen LogP contribution in [0.4, 0.5) is 0 Å². The molecule has 0 saturated carbocycles. The van der Waals surface area contributed by atoms with Crippen LogP contribution in [-0.4, -0.2) is 23.4 Å². The summed E-state index contributed by atoms with van der Waals surface area (Å²) in [6, 6.07) is 18.8. The molecule has 0 aromatic heterocycles. The fourth-order valence-electron chi connectivity index (χ4n) is 2.96. The first-order valence-corrected chi connectivity index (χ1v) is 8.76. The monoisotopic (exact) mass is 353 g/mol. The van der Waals surface area contributed by atoms with Gasteiger partial charge in [-0.25, -0.2) is 0 Å². The predicted octanol–water partition coefficient (Wildman–Crippen LogP) is 1.80. The maximum absolute atomic E-state index is 12.7. The van der Waals surface area contributed by atoms with Crippen LogP contribution in [0.3, 0.4) is 0 Å². The summed E-state index contributed by atoms with van der Waals surface area (Å²) in [4.78, 5) is 24.6. The number of hydrogen-bond donors (Lipinski definition) is 3. The second-order valence-corrected chi connectivity index (χ2v) is 7.04. The summed E-state index contributed by atoms with van der Waals surface area (Å²) in [5.41, 5.74) is 12.7. The van der Waals surface area contributed by atoms with Gasteiger partial charge in [0.05, 0.1) is 11.5 Å². The number of hydrogen-bond acceptors (Lipinski definition) is 3. The van der Waals surface area contributed by atoms with Gasteiger partial charge in [0.1, 0.15) is 0 Å². The molecule has 2 aromatic rings. The number of carbonyl (C=O) groups excluding carboxylic acids is 2. The van der Waals surface area contributed by atoms with E-state index in [1.807, 2.05) is 60.7 Å². The minimum atomic E-state index is -1.08. The van der Waals surface area contributed by atoms with Gasteiger partial charge in [-0.05, 0) is 37.8 Å². The lowest BCUT2D eigenvalue weighted by Crippen LogP contribution is -2.57. The number of nitrogens with two attached hydrogens (primary N) is 2. The molecule has 0 radical (unpaired) electrons. The first-order chi connectivity index (χ1) is 12.3. The van der Waals surface area contributed by atoms with Gasteiger partial charge in [-0.15, -0.1) is 0 Å². The van der Waals surface area contributed by atoms with Gasteiger partial charge in [0.25, 0.3) is 0 Å². The van der Waals surface area contributed by atoms with Crippen LogP contribution < -0.4 is 16.8 Å². The van der Waals surface area contributed by atoms with Crippen LogP contribution in [0, 0.1) is 5.92 Å². The molecule has 138 valence electrons. The Morgan fingerprint density at radius 3 is 2.00 bits per heavy atom. The van der Waals surface area contributed by atoms with Crippen molar-refractivity contribution in [3.8, 4) is 0 Å². The molecule has 5 nitrogen and oxygen atoms in total. The molecule has 5 heteroatoms. The first-order valence-electron chi connectivity index (χ1n) is 8.76. The SMILES string of the molecule is CC(NC(=O)C(C)(N)Cc1ccccc1)C(Cc1ccccc1)C(N)=O. The number of amides is 2. The molecule has 5 N–H and O–H groups in total. The first kappa shape index (κ1) is 19.7. The maximum Gasteiger partial charge on any atom is 0.240 e. The fourth-order valence-corrected chi connectivity index (χ4v) is 2.96. The minimum Gasteiger partial charge on any atom is -0.369 e. The van der Waals surface area contributed by atoms with Gasteiger partial charge < -0.3 is 16.8 Å². The zero-order valence-corrected chi connectivity index (χ0v) is 15.3. The van der Waals surface area contributed by atoms with Crippen molar-refractivity contribution in [3.05, 3.63) is 71.8 Å². The van der Waals surface area contributed by atoms with Crippen molar-refractivity contribution in [2.75, 3.05) is 0 Å². The Morgan fingerprint density at radius 2 is 1.50 bits per heavy atom. The van der Waals surface area contributed by atoms with Crippen LogP contribution in [0.1, 0.15) is 25.0 Å². The summed E-state index contributed by atoms with van der Waals surface area (Å²) >= 11 is 0. The molecule has 0 aliphatic carbocycles. The largest absolute Gasteiger partial charge is 0.369 e. The molecule has 0 aliphatic rings.